The minimum atomic E-state index is -3.86. The molecule has 168 valence electrons. The molecule has 1 atom stereocenters. The molecule has 1 unspecified atom stereocenters. The fraction of sp³-hybridized carbons (Fsp3) is 0.208. The highest BCUT2D eigenvalue weighted by molar-refractivity contribution is 7.92. The van der Waals surface area contributed by atoms with Gasteiger partial charge in [0.25, 0.3) is 15.9 Å². The van der Waals surface area contributed by atoms with E-state index in [9.17, 15) is 18.3 Å². The van der Waals surface area contributed by atoms with Crippen molar-refractivity contribution in [3.63, 3.8) is 0 Å². The van der Waals surface area contributed by atoms with Crippen molar-refractivity contribution in [2.45, 2.75) is 24.8 Å². The molecule has 0 radical (unpaired) electrons. The second kappa shape index (κ2) is 10.3. The van der Waals surface area contributed by atoms with E-state index in [4.69, 9.17) is 4.74 Å². The molecule has 8 heteroatoms. The zero-order chi connectivity index (χ0) is 23.1. The van der Waals surface area contributed by atoms with Crippen LogP contribution >= 0.6 is 0 Å². The van der Waals surface area contributed by atoms with E-state index in [0.717, 1.165) is 11.1 Å². The molecule has 3 N–H and O–H groups in total. The quantitative estimate of drug-likeness (QED) is 0.460. The summed E-state index contributed by atoms with van der Waals surface area (Å²) in [7, 11) is -3.86. The van der Waals surface area contributed by atoms with Gasteiger partial charge in [-0.1, -0.05) is 35.9 Å². The Morgan fingerprint density at radius 2 is 1.69 bits per heavy atom. The van der Waals surface area contributed by atoms with Crippen molar-refractivity contribution in [3.05, 3.63) is 89.5 Å². The van der Waals surface area contributed by atoms with Gasteiger partial charge in [0, 0.05) is 17.8 Å². The van der Waals surface area contributed by atoms with E-state index in [2.05, 4.69) is 10.0 Å². The summed E-state index contributed by atoms with van der Waals surface area (Å²) in [5.74, 6) is 0.140. The zero-order valence-corrected chi connectivity index (χ0v) is 18.7. The number of carbonyl (C=O) groups is 1. The summed E-state index contributed by atoms with van der Waals surface area (Å²) in [5.41, 5.74) is 2.65. The van der Waals surface area contributed by atoms with Crippen LogP contribution in [0, 0.1) is 13.8 Å². The van der Waals surface area contributed by atoms with Gasteiger partial charge in [0.05, 0.1) is 4.90 Å². The largest absolute Gasteiger partial charge is 0.491 e. The van der Waals surface area contributed by atoms with Gasteiger partial charge >= 0.3 is 0 Å². The zero-order valence-electron chi connectivity index (χ0n) is 17.9. The lowest BCUT2D eigenvalue weighted by Crippen LogP contribution is -2.35. The van der Waals surface area contributed by atoms with E-state index in [0.29, 0.717) is 11.4 Å². The summed E-state index contributed by atoms with van der Waals surface area (Å²) in [6, 6.07) is 20.1. The third kappa shape index (κ3) is 6.57. The number of rotatable bonds is 9. The Bertz CT molecular complexity index is 1180. The van der Waals surface area contributed by atoms with Crippen molar-refractivity contribution in [1.29, 1.82) is 0 Å². The van der Waals surface area contributed by atoms with E-state index >= 15 is 0 Å². The molecule has 3 aromatic rings. The Balaban J connectivity index is 1.57. The van der Waals surface area contributed by atoms with Crippen LogP contribution in [-0.4, -0.2) is 38.7 Å². The fourth-order valence-electron chi connectivity index (χ4n) is 2.91. The van der Waals surface area contributed by atoms with E-state index in [1.807, 2.05) is 32.0 Å². The maximum atomic E-state index is 12.7. The highest BCUT2D eigenvalue weighted by atomic mass is 32.2. The van der Waals surface area contributed by atoms with E-state index in [-0.39, 0.29) is 23.6 Å². The molecular weight excluding hydrogens is 428 g/mol. The first-order valence-electron chi connectivity index (χ1n) is 10.1. The fourth-order valence-corrected chi connectivity index (χ4v) is 4.01. The highest BCUT2D eigenvalue weighted by Crippen LogP contribution is 2.18. The van der Waals surface area contributed by atoms with Crippen LogP contribution in [0.3, 0.4) is 0 Å². The van der Waals surface area contributed by atoms with Gasteiger partial charge in [-0.3, -0.25) is 9.52 Å². The van der Waals surface area contributed by atoms with Gasteiger partial charge in [-0.25, -0.2) is 8.42 Å². The molecule has 0 spiro atoms. The van der Waals surface area contributed by atoms with Gasteiger partial charge in [-0.2, -0.15) is 0 Å². The first-order chi connectivity index (χ1) is 15.2. The normalized spacial score (nSPS) is 12.1. The van der Waals surface area contributed by atoms with Crippen LogP contribution in [0.5, 0.6) is 5.75 Å². The number of benzene rings is 3. The average Bonchev–Trinajstić information content (AvgIpc) is 2.77. The number of sulfonamides is 1. The molecule has 0 aliphatic carbocycles. The summed E-state index contributed by atoms with van der Waals surface area (Å²) in [5, 5.41) is 12.7. The van der Waals surface area contributed by atoms with E-state index in [1.165, 1.54) is 24.3 Å². The number of nitrogens with one attached hydrogen (secondary N) is 2. The minimum Gasteiger partial charge on any atom is -0.491 e. The van der Waals surface area contributed by atoms with Gasteiger partial charge in [-0.15, -0.1) is 0 Å². The van der Waals surface area contributed by atoms with Gasteiger partial charge in [-0.05, 0) is 61.9 Å². The molecule has 0 aromatic heterocycles. The summed E-state index contributed by atoms with van der Waals surface area (Å²) in [6.07, 6.45) is -0.922. The average molecular weight is 455 g/mol. The maximum absolute atomic E-state index is 12.7. The standard InChI is InChI=1S/C24H26N2O5S/c1-17-9-11-20(12-10-17)26-32(29,30)23-8-4-6-19(14-23)24(28)25-15-21(27)16-31-22-7-3-5-18(2)13-22/h3-14,21,26-27H,15-16H2,1-2H3,(H,25,28). The van der Waals surface area contributed by atoms with Gasteiger partial charge in [0.1, 0.15) is 18.5 Å². The van der Waals surface area contributed by atoms with Crippen LogP contribution in [0.15, 0.2) is 77.7 Å². The summed E-state index contributed by atoms with van der Waals surface area (Å²) >= 11 is 0. The number of hydrogen-bond donors (Lipinski definition) is 3. The second-order valence-electron chi connectivity index (χ2n) is 7.49. The van der Waals surface area contributed by atoms with E-state index in [1.54, 1.807) is 30.3 Å². The third-order valence-corrected chi connectivity index (χ3v) is 6.02. The molecule has 3 rings (SSSR count). The van der Waals surface area contributed by atoms with E-state index < -0.39 is 22.0 Å². The van der Waals surface area contributed by atoms with Crippen LogP contribution < -0.4 is 14.8 Å². The van der Waals surface area contributed by atoms with Crippen molar-refractivity contribution >= 4 is 21.6 Å². The van der Waals surface area contributed by atoms with Crippen LogP contribution in [-0.2, 0) is 10.0 Å². The number of ether oxygens (including phenoxy) is 1. The monoisotopic (exact) mass is 454 g/mol. The van der Waals surface area contributed by atoms with Crippen molar-refractivity contribution in [1.82, 2.24) is 5.32 Å². The molecule has 3 aromatic carbocycles. The summed E-state index contributed by atoms with van der Waals surface area (Å²) < 4.78 is 33.4. The maximum Gasteiger partial charge on any atom is 0.261 e. The Kier molecular flexibility index (Phi) is 7.50. The predicted molar refractivity (Wildman–Crippen MR) is 123 cm³/mol. The third-order valence-electron chi connectivity index (χ3n) is 4.64. The number of carbonyl (C=O) groups excluding carboxylic acids is 1. The van der Waals surface area contributed by atoms with Gasteiger partial charge < -0.3 is 15.2 Å². The van der Waals surface area contributed by atoms with Crippen LogP contribution in [0.4, 0.5) is 5.69 Å². The number of aliphatic hydroxyl groups is 1. The molecule has 0 aliphatic heterocycles. The van der Waals surface area contributed by atoms with Crippen LogP contribution in [0.2, 0.25) is 0 Å². The smallest absolute Gasteiger partial charge is 0.261 e. The number of aryl methyl sites for hydroxylation is 2. The van der Waals surface area contributed by atoms with Crippen LogP contribution in [0.1, 0.15) is 21.5 Å². The Morgan fingerprint density at radius 1 is 0.969 bits per heavy atom. The molecule has 7 nitrogen and oxygen atoms in total. The van der Waals surface area contributed by atoms with Crippen molar-refractivity contribution in [2.24, 2.45) is 0 Å². The lowest BCUT2D eigenvalue weighted by atomic mass is 10.2. The van der Waals surface area contributed by atoms with Gasteiger partial charge in [0.15, 0.2) is 0 Å². The first kappa shape index (κ1) is 23.3. The predicted octanol–water partition coefficient (Wildman–Crippen LogP) is 3.27. The molecule has 32 heavy (non-hydrogen) atoms. The Labute approximate surface area is 188 Å². The molecule has 0 saturated heterocycles. The summed E-state index contributed by atoms with van der Waals surface area (Å²) in [6.45, 7) is 3.82. The second-order valence-corrected chi connectivity index (χ2v) is 9.17. The molecule has 0 heterocycles. The molecular formula is C24H26N2O5S. The first-order valence-corrected chi connectivity index (χ1v) is 11.6. The molecule has 0 saturated carbocycles. The molecule has 0 bridgehead atoms. The lowest BCUT2D eigenvalue weighted by molar-refractivity contribution is 0.0843. The molecule has 0 aliphatic rings. The topological polar surface area (TPSA) is 105 Å². The van der Waals surface area contributed by atoms with Crippen molar-refractivity contribution in [2.75, 3.05) is 17.9 Å². The Morgan fingerprint density at radius 3 is 2.41 bits per heavy atom. The number of anilines is 1. The highest BCUT2D eigenvalue weighted by Gasteiger charge is 2.17. The Hall–Kier alpha value is -3.36. The van der Waals surface area contributed by atoms with Gasteiger partial charge in [0.2, 0.25) is 0 Å². The lowest BCUT2D eigenvalue weighted by Gasteiger charge is -2.14. The SMILES string of the molecule is Cc1ccc(NS(=O)(=O)c2cccc(C(=O)NCC(O)COc3cccc(C)c3)c2)cc1. The van der Waals surface area contributed by atoms with Crippen LogP contribution in [0.25, 0.3) is 0 Å². The van der Waals surface area contributed by atoms with Crippen molar-refractivity contribution < 1.29 is 23.1 Å². The minimum absolute atomic E-state index is 0.0125. The molecule has 1 amide bonds. The summed E-state index contributed by atoms with van der Waals surface area (Å²) in [4.78, 5) is 12.4. The number of hydrogen-bond acceptors (Lipinski definition) is 5. The van der Waals surface area contributed by atoms with Crippen molar-refractivity contribution in [3.8, 4) is 5.75 Å². The number of amides is 1. The molecule has 0 fully saturated rings. The number of aliphatic hydroxyl groups excluding tert-OH is 1.